The fourth-order valence-corrected chi connectivity index (χ4v) is 5.83. The summed E-state index contributed by atoms with van der Waals surface area (Å²) < 4.78 is 12.7. The first-order chi connectivity index (χ1) is 22.7. The Morgan fingerprint density at radius 2 is 0.696 bits per heavy atom. The largest absolute Gasteiger partial charge is 0.438 e. The molecule has 6 aromatic rings. The minimum Gasteiger partial charge on any atom is -0.438 e. The van der Waals surface area contributed by atoms with Crippen LogP contribution in [0.4, 0.5) is 34.5 Å². The summed E-state index contributed by atoms with van der Waals surface area (Å²) in [5, 5.41) is 5.75. The van der Waals surface area contributed by atoms with E-state index in [4.69, 9.17) is 8.83 Å². The number of anilines is 6. The smallest absolute Gasteiger partial charge is 0.258 e. The second-order valence-corrected chi connectivity index (χ2v) is 10.7. The number of benzene rings is 4. The van der Waals surface area contributed by atoms with Crippen LogP contribution in [0.25, 0.3) is 11.4 Å². The van der Waals surface area contributed by atoms with Crippen molar-refractivity contribution in [3.63, 3.8) is 0 Å². The lowest BCUT2D eigenvalue weighted by Gasteiger charge is -2.22. The zero-order chi connectivity index (χ0) is 31.0. The average Bonchev–Trinajstić information content (AvgIpc) is 3.90. The van der Waals surface area contributed by atoms with Crippen LogP contribution in [0.2, 0.25) is 0 Å². The van der Waals surface area contributed by atoms with E-state index in [-0.39, 0.29) is 11.1 Å². The molecule has 0 aliphatic carbocycles. The first kappa shape index (κ1) is 27.0. The standard InChI is InChI=1S/C38H26N4O4/c43-37-33-34(36(40-37)30-22-24-32(46-30)42(27-17-9-3-10-18-27)28-19-11-4-12-20-28)38(44)39-35(33)29-21-23-31(45-29)41(25-13-5-1-6-14-25)26-15-7-2-8-16-26/h1-24H,(H,39,44)(H,40,43). The van der Waals surface area contributed by atoms with Crippen LogP contribution in [0.15, 0.2) is 166 Å². The molecule has 2 aliphatic heterocycles. The number of hydrogen-bond donors (Lipinski definition) is 2. The summed E-state index contributed by atoms with van der Waals surface area (Å²) in [4.78, 5) is 30.8. The van der Waals surface area contributed by atoms with Gasteiger partial charge in [-0.2, -0.15) is 0 Å². The Bertz CT molecular complexity index is 1900. The summed E-state index contributed by atoms with van der Waals surface area (Å²) in [7, 11) is 0. The minimum atomic E-state index is -0.416. The van der Waals surface area contributed by atoms with Crippen molar-refractivity contribution in [3.05, 3.63) is 168 Å². The lowest BCUT2D eigenvalue weighted by molar-refractivity contribution is -0.117. The number of fused-ring (bicyclic) bond motifs is 1. The van der Waals surface area contributed by atoms with Crippen molar-refractivity contribution in [3.8, 4) is 0 Å². The fourth-order valence-electron chi connectivity index (χ4n) is 5.83. The van der Waals surface area contributed by atoms with Crippen LogP contribution in [-0.4, -0.2) is 11.8 Å². The maximum atomic E-state index is 13.4. The Morgan fingerprint density at radius 1 is 0.391 bits per heavy atom. The Morgan fingerprint density at radius 3 is 1.00 bits per heavy atom. The first-order valence-corrected chi connectivity index (χ1v) is 14.8. The van der Waals surface area contributed by atoms with Crippen LogP contribution < -0.4 is 20.4 Å². The number of rotatable bonds is 8. The number of para-hydroxylation sites is 4. The van der Waals surface area contributed by atoms with E-state index in [1.807, 2.05) is 143 Å². The molecule has 0 radical (unpaired) electrons. The lowest BCUT2D eigenvalue weighted by atomic mass is 10.1. The first-order valence-electron chi connectivity index (χ1n) is 14.8. The average molecular weight is 603 g/mol. The summed E-state index contributed by atoms with van der Waals surface area (Å²) in [5.74, 6) is 0.953. The highest BCUT2D eigenvalue weighted by atomic mass is 16.4. The number of hydrogen-bond acceptors (Lipinski definition) is 6. The summed E-state index contributed by atoms with van der Waals surface area (Å²) in [6, 6.07) is 46.5. The van der Waals surface area contributed by atoms with Crippen molar-refractivity contribution >= 4 is 57.7 Å². The third-order valence-electron chi connectivity index (χ3n) is 7.86. The van der Waals surface area contributed by atoms with Crippen LogP contribution in [0.5, 0.6) is 0 Å². The topological polar surface area (TPSA) is 91.0 Å². The molecule has 8 rings (SSSR count). The van der Waals surface area contributed by atoms with E-state index in [2.05, 4.69) is 10.6 Å². The maximum Gasteiger partial charge on any atom is 0.258 e. The highest BCUT2D eigenvalue weighted by Crippen LogP contribution is 2.43. The molecule has 0 bridgehead atoms. The number of amides is 2. The van der Waals surface area contributed by atoms with Gasteiger partial charge in [0, 0.05) is 34.9 Å². The Hall–Kier alpha value is -6.54. The molecule has 8 nitrogen and oxygen atoms in total. The predicted octanol–water partition coefficient (Wildman–Crippen LogP) is 8.19. The molecule has 2 amide bonds. The van der Waals surface area contributed by atoms with Gasteiger partial charge < -0.3 is 19.5 Å². The van der Waals surface area contributed by atoms with E-state index in [1.54, 1.807) is 12.1 Å². The van der Waals surface area contributed by atoms with Gasteiger partial charge >= 0.3 is 0 Å². The normalized spacial score (nSPS) is 13.9. The third-order valence-corrected chi connectivity index (χ3v) is 7.86. The molecule has 0 saturated carbocycles. The number of nitrogens with zero attached hydrogens (tertiary/aromatic N) is 2. The predicted molar refractivity (Wildman–Crippen MR) is 177 cm³/mol. The van der Waals surface area contributed by atoms with Crippen LogP contribution >= 0.6 is 0 Å². The van der Waals surface area contributed by atoms with Crippen molar-refractivity contribution in [2.75, 3.05) is 9.80 Å². The highest BCUT2D eigenvalue weighted by Gasteiger charge is 2.43. The Balaban J connectivity index is 1.18. The van der Waals surface area contributed by atoms with Gasteiger partial charge in [0.15, 0.2) is 11.5 Å². The second-order valence-electron chi connectivity index (χ2n) is 10.7. The van der Waals surface area contributed by atoms with Gasteiger partial charge in [0.05, 0.1) is 22.5 Å². The van der Waals surface area contributed by atoms with Crippen molar-refractivity contribution in [2.24, 2.45) is 0 Å². The van der Waals surface area contributed by atoms with E-state index in [0.717, 1.165) is 22.7 Å². The summed E-state index contributed by atoms with van der Waals surface area (Å²) in [6.07, 6.45) is 0. The summed E-state index contributed by atoms with van der Waals surface area (Å²) >= 11 is 0. The molecule has 0 fully saturated rings. The molecule has 0 unspecified atom stereocenters. The van der Waals surface area contributed by atoms with Crippen LogP contribution in [0.1, 0.15) is 11.5 Å². The maximum absolute atomic E-state index is 13.4. The number of furan rings is 2. The molecule has 2 aliphatic rings. The van der Waals surface area contributed by atoms with Gasteiger partial charge in [-0.05, 0) is 60.7 Å². The van der Waals surface area contributed by atoms with Crippen molar-refractivity contribution in [1.29, 1.82) is 0 Å². The van der Waals surface area contributed by atoms with E-state index < -0.39 is 11.8 Å². The summed E-state index contributed by atoms with van der Waals surface area (Å²) in [5.41, 5.74) is 4.65. The molecule has 0 saturated heterocycles. The Kier molecular flexibility index (Phi) is 6.58. The van der Waals surface area contributed by atoms with Gasteiger partial charge in [-0.25, -0.2) is 0 Å². The zero-order valence-corrected chi connectivity index (χ0v) is 24.4. The van der Waals surface area contributed by atoms with E-state index >= 15 is 0 Å². The quantitative estimate of drug-likeness (QED) is 0.183. The van der Waals surface area contributed by atoms with Crippen molar-refractivity contribution < 1.29 is 18.4 Å². The molecular formula is C38H26N4O4. The molecular weight excluding hydrogens is 576 g/mol. The van der Waals surface area contributed by atoms with Crippen LogP contribution in [-0.2, 0) is 9.59 Å². The molecule has 2 N–H and O–H groups in total. The van der Waals surface area contributed by atoms with Crippen LogP contribution in [0, 0.1) is 0 Å². The van der Waals surface area contributed by atoms with Gasteiger partial charge in [0.25, 0.3) is 11.8 Å². The van der Waals surface area contributed by atoms with Gasteiger partial charge in [-0.15, -0.1) is 0 Å². The van der Waals surface area contributed by atoms with Gasteiger partial charge in [-0.1, -0.05) is 72.8 Å². The highest BCUT2D eigenvalue weighted by molar-refractivity contribution is 6.30. The molecule has 0 spiro atoms. The Labute approximate surface area is 264 Å². The van der Waals surface area contributed by atoms with E-state index in [9.17, 15) is 9.59 Å². The monoisotopic (exact) mass is 602 g/mol. The third kappa shape index (κ3) is 4.65. The fraction of sp³-hybridized carbons (Fsp3) is 0. The van der Waals surface area contributed by atoms with Gasteiger partial charge in [0.1, 0.15) is 0 Å². The van der Waals surface area contributed by atoms with E-state index in [0.29, 0.717) is 34.7 Å². The minimum absolute atomic E-state index is 0.216. The number of nitrogens with one attached hydrogen (secondary N) is 2. The van der Waals surface area contributed by atoms with E-state index in [1.165, 1.54) is 0 Å². The molecule has 222 valence electrons. The van der Waals surface area contributed by atoms with Gasteiger partial charge in [0.2, 0.25) is 11.8 Å². The zero-order valence-electron chi connectivity index (χ0n) is 24.4. The lowest BCUT2D eigenvalue weighted by Crippen LogP contribution is -2.21. The van der Waals surface area contributed by atoms with Crippen molar-refractivity contribution in [2.45, 2.75) is 0 Å². The van der Waals surface area contributed by atoms with Crippen LogP contribution in [0.3, 0.4) is 0 Å². The molecule has 2 aromatic heterocycles. The second kappa shape index (κ2) is 11.2. The van der Waals surface area contributed by atoms with Gasteiger partial charge in [-0.3, -0.25) is 19.4 Å². The molecule has 8 heteroatoms. The number of carbonyl (C=O) groups excluding carboxylic acids is 2. The molecule has 4 heterocycles. The summed E-state index contributed by atoms with van der Waals surface area (Å²) in [6.45, 7) is 0. The molecule has 4 aromatic carbocycles. The van der Waals surface area contributed by atoms with Crippen molar-refractivity contribution in [1.82, 2.24) is 10.6 Å². The SMILES string of the molecule is O=C1NC(c2ccc(N(c3ccccc3)c3ccccc3)o2)=C2C(=O)NC(c3ccc(N(c4ccccc4)c4ccccc4)o3)=C12. The molecule has 0 atom stereocenters. The molecule has 46 heavy (non-hydrogen) atoms. The number of carbonyl (C=O) groups is 2.